The summed E-state index contributed by atoms with van der Waals surface area (Å²) in [5, 5.41) is 4.47. The molecular weight excluding hydrogens is 613 g/mol. The number of rotatable bonds is 5. The van der Waals surface area contributed by atoms with Gasteiger partial charge in [-0.1, -0.05) is 133 Å². The lowest BCUT2D eigenvalue weighted by atomic mass is 10.0. The molecule has 0 aliphatic carbocycles. The van der Waals surface area contributed by atoms with E-state index in [-0.39, 0.29) is 0 Å². The van der Waals surface area contributed by atoms with E-state index in [4.69, 9.17) is 19.4 Å². The third-order valence-electron chi connectivity index (χ3n) is 9.48. The van der Waals surface area contributed by atoms with E-state index in [0.717, 1.165) is 66.5 Å². The van der Waals surface area contributed by atoms with Crippen LogP contribution in [0.4, 0.5) is 0 Å². The van der Waals surface area contributed by atoms with Gasteiger partial charge in [0.15, 0.2) is 17.5 Å². The summed E-state index contributed by atoms with van der Waals surface area (Å²) in [4.78, 5) is 15.5. The second-order valence-electron chi connectivity index (χ2n) is 12.4. The molecule has 0 aliphatic heterocycles. The summed E-state index contributed by atoms with van der Waals surface area (Å²) in [6.45, 7) is 0. The molecule has 0 radical (unpaired) electrons. The quantitative estimate of drug-likeness (QED) is 0.188. The Hall–Kier alpha value is -6.85. The van der Waals surface area contributed by atoms with Crippen molar-refractivity contribution in [2.45, 2.75) is 0 Å². The maximum Gasteiger partial charge on any atom is 0.167 e. The average molecular weight is 641 g/mol. The predicted octanol–water partition coefficient (Wildman–Crippen LogP) is 11.5. The highest BCUT2D eigenvalue weighted by Gasteiger charge is 2.21. The predicted molar refractivity (Wildman–Crippen MR) is 203 cm³/mol. The van der Waals surface area contributed by atoms with Crippen LogP contribution in [0.1, 0.15) is 0 Å². The fourth-order valence-electron chi connectivity index (χ4n) is 7.15. The van der Waals surface area contributed by atoms with E-state index in [2.05, 4.69) is 108 Å². The minimum Gasteiger partial charge on any atom is -0.455 e. The molecule has 234 valence electrons. The molecule has 10 aromatic rings. The van der Waals surface area contributed by atoms with Gasteiger partial charge in [-0.3, -0.25) is 0 Å². The molecule has 0 spiro atoms. The van der Waals surface area contributed by atoms with Crippen LogP contribution in [0.5, 0.6) is 0 Å². The number of benzene rings is 7. The molecule has 7 aromatic carbocycles. The number of furan rings is 1. The number of hydrogen-bond donors (Lipinski definition) is 0. The molecule has 3 aromatic heterocycles. The van der Waals surface area contributed by atoms with Crippen molar-refractivity contribution in [1.29, 1.82) is 0 Å². The van der Waals surface area contributed by atoms with Crippen molar-refractivity contribution < 1.29 is 4.42 Å². The van der Waals surface area contributed by atoms with E-state index >= 15 is 0 Å². The summed E-state index contributed by atoms with van der Waals surface area (Å²) in [5.41, 5.74) is 9.68. The zero-order valence-corrected chi connectivity index (χ0v) is 26.9. The van der Waals surface area contributed by atoms with Crippen LogP contribution >= 0.6 is 0 Å². The van der Waals surface area contributed by atoms with Crippen LogP contribution in [0.2, 0.25) is 0 Å². The lowest BCUT2D eigenvalue weighted by molar-refractivity contribution is 0.669. The Morgan fingerprint density at radius 1 is 0.380 bits per heavy atom. The molecule has 3 heterocycles. The van der Waals surface area contributed by atoms with Crippen LogP contribution in [0.15, 0.2) is 174 Å². The number of para-hydroxylation sites is 4. The third kappa shape index (κ3) is 4.52. The molecule has 5 heteroatoms. The van der Waals surface area contributed by atoms with Gasteiger partial charge in [0.2, 0.25) is 0 Å². The zero-order valence-electron chi connectivity index (χ0n) is 26.9. The van der Waals surface area contributed by atoms with Crippen molar-refractivity contribution in [1.82, 2.24) is 19.5 Å². The first-order valence-corrected chi connectivity index (χ1v) is 16.7. The Balaban J connectivity index is 1.28. The minimum atomic E-state index is 0.554. The SMILES string of the molecule is c1ccc(-c2ccc(-c3nc(-c4ccccc4)nc(-c4cccc5c4oc4ccccc45)n3)c(-n3c4ccccc4c4ccccc43)c2)cc1. The van der Waals surface area contributed by atoms with E-state index in [1.807, 2.05) is 66.7 Å². The first-order valence-electron chi connectivity index (χ1n) is 16.7. The van der Waals surface area contributed by atoms with Gasteiger partial charge in [0.1, 0.15) is 11.2 Å². The van der Waals surface area contributed by atoms with Crippen LogP contribution in [-0.4, -0.2) is 19.5 Å². The van der Waals surface area contributed by atoms with Gasteiger partial charge in [-0.25, -0.2) is 15.0 Å². The Morgan fingerprint density at radius 3 is 1.66 bits per heavy atom. The van der Waals surface area contributed by atoms with Crippen molar-refractivity contribution in [2.75, 3.05) is 0 Å². The number of aromatic nitrogens is 4. The van der Waals surface area contributed by atoms with Crippen molar-refractivity contribution in [3.05, 3.63) is 170 Å². The summed E-state index contributed by atoms with van der Waals surface area (Å²) < 4.78 is 8.81. The first-order chi connectivity index (χ1) is 24.8. The Morgan fingerprint density at radius 2 is 0.940 bits per heavy atom. The fraction of sp³-hybridized carbons (Fsp3) is 0. The smallest absolute Gasteiger partial charge is 0.167 e. The monoisotopic (exact) mass is 640 g/mol. The highest BCUT2D eigenvalue weighted by atomic mass is 16.3. The van der Waals surface area contributed by atoms with Gasteiger partial charge in [-0.05, 0) is 47.5 Å². The van der Waals surface area contributed by atoms with Gasteiger partial charge in [0.25, 0.3) is 0 Å². The molecule has 10 rings (SSSR count). The van der Waals surface area contributed by atoms with Gasteiger partial charge in [-0.15, -0.1) is 0 Å². The van der Waals surface area contributed by atoms with Gasteiger partial charge in [0, 0.05) is 32.7 Å². The highest BCUT2D eigenvalue weighted by Crippen LogP contribution is 2.39. The fourth-order valence-corrected chi connectivity index (χ4v) is 7.15. The normalized spacial score (nSPS) is 11.6. The van der Waals surface area contributed by atoms with Crippen LogP contribution in [-0.2, 0) is 0 Å². The molecule has 0 saturated heterocycles. The summed E-state index contributed by atoms with van der Waals surface area (Å²) >= 11 is 0. The van der Waals surface area contributed by atoms with Crippen molar-refractivity contribution in [3.63, 3.8) is 0 Å². The molecule has 0 fully saturated rings. The second kappa shape index (κ2) is 11.4. The van der Waals surface area contributed by atoms with Gasteiger partial charge in [-0.2, -0.15) is 0 Å². The molecule has 50 heavy (non-hydrogen) atoms. The van der Waals surface area contributed by atoms with Gasteiger partial charge >= 0.3 is 0 Å². The topological polar surface area (TPSA) is 56.7 Å². The Bertz CT molecular complexity index is 2820. The van der Waals surface area contributed by atoms with Crippen molar-refractivity contribution >= 4 is 43.7 Å². The summed E-state index contributed by atoms with van der Waals surface area (Å²) in [7, 11) is 0. The molecule has 0 saturated carbocycles. The number of nitrogens with zero attached hydrogens (tertiary/aromatic N) is 4. The van der Waals surface area contributed by atoms with Gasteiger partial charge in [0.05, 0.1) is 22.3 Å². The van der Waals surface area contributed by atoms with Crippen LogP contribution in [0.25, 0.3) is 94.7 Å². The van der Waals surface area contributed by atoms with Crippen LogP contribution < -0.4 is 0 Å². The zero-order chi connectivity index (χ0) is 33.0. The molecule has 5 nitrogen and oxygen atoms in total. The maximum absolute atomic E-state index is 6.47. The maximum atomic E-state index is 6.47. The first kappa shape index (κ1) is 28.2. The van der Waals surface area contributed by atoms with E-state index < -0.39 is 0 Å². The van der Waals surface area contributed by atoms with E-state index in [9.17, 15) is 0 Å². The highest BCUT2D eigenvalue weighted by molar-refractivity contribution is 6.10. The molecule has 0 aliphatic rings. The number of fused-ring (bicyclic) bond motifs is 6. The van der Waals surface area contributed by atoms with E-state index in [0.29, 0.717) is 17.5 Å². The summed E-state index contributed by atoms with van der Waals surface area (Å²) in [6.07, 6.45) is 0. The third-order valence-corrected chi connectivity index (χ3v) is 9.48. The minimum absolute atomic E-state index is 0.554. The van der Waals surface area contributed by atoms with Gasteiger partial charge < -0.3 is 8.98 Å². The summed E-state index contributed by atoms with van der Waals surface area (Å²) in [6, 6.07) is 58.6. The molecule has 0 unspecified atom stereocenters. The van der Waals surface area contributed by atoms with E-state index in [1.165, 1.54) is 10.8 Å². The Kier molecular flexibility index (Phi) is 6.42. The van der Waals surface area contributed by atoms with Crippen molar-refractivity contribution in [2.24, 2.45) is 0 Å². The molecule has 0 bridgehead atoms. The Labute approximate surface area is 287 Å². The second-order valence-corrected chi connectivity index (χ2v) is 12.4. The lowest BCUT2D eigenvalue weighted by Crippen LogP contribution is -2.04. The molecule has 0 atom stereocenters. The van der Waals surface area contributed by atoms with Crippen LogP contribution in [0.3, 0.4) is 0 Å². The number of hydrogen-bond acceptors (Lipinski definition) is 4. The van der Waals surface area contributed by atoms with Crippen molar-refractivity contribution in [3.8, 4) is 51.0 Å². The lowest BCUT2D eigenvalue weighted by Gasteiger charge is -2.16. The standard InChI is InChI=1S/C45H28N4O/c1-3-14-29(15-4-1)31-26-27-36(40(28-31)49-38-23-10-7-18-32(38)33-19-8-11-24-39(33)49)44-46-43(30-16-5-2-6-17-30)47-45(48-44)37-22-13-21-35-34-20-9-12-25-41(34)50-42(35)37/h1-28H. The largest absolute Gasteiger partial charge is 0.455 e. The summed E-state index contributed by atoms with van der Waals surface area (Å²) in [5.74, 6) is 1.73. The average Bonchev–Trinajstić information content (AvgIpc) is 3.74. The molecule has 0 N–H and O–H groups in total. The van der Waals surface area contributed by atoms with Crippen LogP contribution in [0, 0.1) is 0 Å². The molecular formula is C45H28N4O. The van der Waals surface area contributed by atoms with E-state index in [1.54, 1.807) is 0 Å². The molecule has 0 amide bonds.